The Morgan fingerprint density at radius 3 is 2.52 bits per heavy atom. The molecule has 0 saturated carbocycles. The summed E-state index contributed by atoms with van der Waals surface area (Å²) in [6.07, 6.45) is 5.02. The smallest absolute Gasteiger partial charge is 0.269 e. The average Bonchev–Trinajstić information content (AvgIpc) is 2.77. The second-order valence-electron chi connectivity index (χ2n) is 8.44. The molecule has 0 radical (unpaired) electrons. The quantitative estimate of drug-likeness (QED) is 0.735. The third-order valence-corrected chi connectivity index (χ3v) is 5.23. The predicted molar refractivity (Wildman–Crippen MR) is 120 cm³/mol. The zero-order valence-electron chi connectivity index (χ0n) is 18.9. The molecule has 1 fully saturated rings. The number of amides is 2. The molecular weight excluding hydrogens is 392 g/mol. The normalized spacial score (nSPS) is 13.9. The van der Waals surface area contributed by atoms with E-state index in [1.54, 1.807) is 24.1 Å². The van der Waals surface area contributed by atoms with Crippen LogP contribution in [0.3, 0.4) is 0 Å². The zero-order valence-corrected chi connectivity index (χ0v) is 18.9. The fourth-order valence-electron chi connectivity index (χ4n) is 3.75. The van der Waals surface area contributed by atoms with E-state index in [1.807, 2.05) is 13.0 Å². The van der Waals surface area contributed by atoms with Crippen LogP contribution in [0.15, 0.2) is 24.4 Å². The van der Waals surface area contributed by atoms with Crippen LogP contribution in [0.1, 0.15) is 65.3 Å². The van der Waals surface area contributed by atoms with Crippen molar-refractivity contribution in [2.75, 3.05) is 31.6 Å². The van der Waals surface area contributed by atoms with Crippen molar-refractivity contribution < 1.29 is 9.59 Å². The molecule has 1 aliphatic heterocycles. The highest BCUT2D eigenvalue weighted by Gasteiger charge is 2.21. The summed E-state index contributed by atoms with van der Waals surface area (Å²) in [4.78, 5) is 42.5. The summed E-state index contributed by atoms with van der Waals surface area (Å²) in [6, 6.07) is 5.17. The second kappa shape index (κ2) is 10.3. The minimum Gasteiger partial charge on any atom is -0.354 e. The minimum absolute atomic E-state index is 0.125. The van der Waals surface area contributed by atoms with E-state index in [4.69, 9.17) is 4.98 Å². The third-order valence-electron chi connectivity index (χ3n) is 5.23. The van der Waals surface area contributed by atoms with Gasteiger partial charge in [-0.05, 0) is 50.3 Å². The van der Waals surface area contributed by atoms with Gasteiger partial charge in [0.1, 0.15) is 5.69 Å². The molecule has 1 N–H and O–H groups in total. The maximum absolute atomic E-state index is 13.2. The Morgan fingerprint density at radius 2 is 1.90 bits per heavy atom. The fraction of sp³-hybridized carbons (Fsp3) is 0.522. The first-order chi connectivity index (χ1) is 14.9. The highest BCUT2D eigenvalue weighted by Crippen LogP contribution is 2.18. The topological polar surface area (TPSA) is 91.3 Å². The molecule has 3 rings (SSSR count). The van der Waals surface area contributed by atoms with Gasteiger partial charge in [-0.3, -0.25) is 14.6 Å². The molecule has 0 unspecified atom stereocenters. The van der Waals surface area contributed by atoms with Gasteiger partial charge in [-0.15, -0.1) is 0 Å². The van der Waals surface area contributed by atoms with Crippen LogP contribution in [0, 0.1) is 12.8 Å². The van der Waals surface area contributed by atoms with E-state index in [1.165, 1.54) is 12.6 Å². The van der Waals surface area contributed by atoms with Gasteiger partial charge in [-0.2, -0.15) is 0 Å². The Morgan fingerprint density at radius 1 is 1.16 bits per heavy atom. The predicted octanol–water partition coefficient (Wildman–Crippen LogP) is 2.83. The zero-order chi connectivity index (χ0) is 22.4. The molecular formula is C23H32N6O2. The number of piperidine rings is 1. The first-order valence-electron chi connectivity index (χ1n) is 10.9. The standard InChI is InChI=1S/C23H32N6O2/c1-16(2)14-29(22(31)18-8-9-20(25-13-18)21(30)24-4)15-19-12-17(3)26-23(27-19)28-10-6-5-7-11-28/h8-9,12-13,16H,5-7,10-11,14-15H2,1-4H3,(H,24,30). The number of pyridine rings is 1. The lowest BCUT2D eigenvalue weighted by Gasteiger charge is -2.28. The van der Waals surface area contributed by atoms with E-state index in [0.29, 0.717) is 24.6 Å². The van der Waals surface area contributed by atoms with Crippen LogP contribution in [-0.4, -0.2) is 58.3 Å². The molecule has 31 heavy (non-hydrogen) atoms. The molecule has 1 saturated heterocycles. The summed E-state index contributed by atoms with van der Waals surface area (Å²) >= 11 is 0. The second-order valence-corrected chi connectivity index (χ2v) is 8.44. The molecule has 8 nitrogen and oxygen atoms in total. The average molecular weight is 425 g/mol. The van der Waals surface area contributed by atoms with E-state index in [2.05, 4.69) is 34.0 Å². The lowest BCUT2D eigenvalue weighted by molar-refractivity contribution is 0.0719. The van der Waals surface area contributed by atoms with Gasteiger partial charge >= 0.3 is 0 Å². The number of aryl methyl sites for hydroxylation is 1. The van der Waals surface area contributed by atoms with Crippen LogP contribution in [-0.2, 0) is 6.54 Å². The van der Waals surface area contributed by atoms with Crippen LogP contribution < -0.4 is 10.2 Å². The number of nitrogens with zero attached hydrogens (tertiary/aromatic N) is 5. The lowest BCUT2D eigenvalue weighted by atomic mass is 10.1. The van der Waals surface area contributed by atoms with Crippen molar-refractivity contribution in [3.8, 4) is 0 Å². The SMILES string of the molecule is CNC(=O)c1ccc(C(=O)N(Cc2cc(C)nc(N3CCCCC3)n2)CC(C)C)cn1. The Labute approximate surface area is 184 Å². The Bertz CT molecular complexity index is 907. The largest absolute Gasteiger partial charge is 0.354 e. The highest BCUT2D eigenvalue weighted by molar-refractivity contribution is 5.96. The first kappa shape index (κ1) is 22.7. The molecule has 1 aliphatic rings. The fourth-order valence-corrected chi connectivity index (χ4v) is 3.75. The van der Waals surface area contributed by atoms with Gasteiger partial charge in [0.2, 0.25) is 5.95 Å². The van der Waals surface area contributed by atoms with Crippen LogP contribution in [0.2, 0.25) is 0 Å². The lowest BCUT2D eigenvalue weighted by Crippen LogP contribution is -2.35. The van der Waals surface area contributed by atoms with Crippen molar-refractivity contribution in [3.63, 3.8) is 0 Å². The van der Waals surface area contributed by atoms with Crippen LogP contribution in [0.5, 0.6) is 0 Å². The van der Waals surface area contributed by atoms with Crippen LogP contribution >= 0.6 is 0 Å². The van der Waals surface area contributed by atoms with Gasteiger partial charge in [-0.1, -0.05) is 13.8 Å². The molecule has 8 heteroatoms. The molecule has 2 aromatic rings. The Hall–Kier alpha value is -3.03. The molecule has 0 bridgehead atoms. The monoisotopic (exact) mass is 424 g/mol. The number of nitrogens with one attached hydrogen (secondary N) is 1. The van der Waals surface area contributed by atoms with Gasteiger partial charge in [0.25, 0.3) is 11.8 Å². The third kappa shape index (κ3) is 5.99. The number of anilines is 1. The minimum atomic E-state index is -0.278. The summed E-state index contributed by atoms with van der Waals surface area (Å²) in [6.45, 7) is 9.07. The summed E-state index contributed by atoms with van der Waals surface area (Å²) in [5.41, 5.74) is 2.47. The summed E-state index contributed by atoms with van der Waals surface area (Å²) < 4.78 is 0. The van der Waals surface area contributed by atoms with Crippen molar-refractivity contribution in [2.24, 2.45) is 5.92 Å². The molecule has 0 aromatic carbocycles. The van der Waals surface area contributed by atoms with Crippen molar-refractivity contribution in [3.05, 3.63) is 47.0 Å². The number of aromatic nitrogens is 3. The maximum atomic E-state index is 13.2. The van der Waals surface area contributed by atoms with Gasteiger partial charge in [0.15, 0.2) is 0 Å². The highest BCUT2D eigenvalue weighted by atomic mass is 16.2. The van der Waals surface area contributed by atoms with Gasteiger partial charge in [0.05, 0.1) is 17.8 Å². The molecule has 2 aromatic heterocycles. The van der Waals surface area contributed by atoms with Crippen LogP contribution in [0.4, 0.5) is 5.95 Å². The molecule has 0 spiro atoms. The molecule has 3 heterocycles. The Balaban J connectivity index is 1.81. The number of hydrogen-bond acceptors (Lipinski definition) is 6. The van der Waals surface area contributed by atoms with Gasteiger partial charge < -0.3 is 15.1 Å². The first-order valence-corrected chi connectivity index (χ1v) is 10.9. The van der Waals surface area contributed by atoms with Crippen molar-refractivity contribution in [1.82, 2.24) is 25.2 Å². The number of hydrogen-bond donors (Lipinski definition) is 1. The summed E-state index contributed by atoms with van der Waals surface area (Å²) in [7, 11) is 1.55. The maximum Gasteiger partial charge on any atom is 0.269 e. The van der Waals surface area contributed by atoms with Gasteiger partial charge in [-0.25, -0.2) is 9.97 Å². The van der Waals surface area contributed by atoms with E-state index < -0.39 is 0 Å². The van der Waals surface area contributed by atoms with E-state index in [-0.39, 0.29) is 17.5 Å². The Kier molecular flexibility index (Phi) is 7.55. The van der Waals surface area contributed by atoms with E-state index in [0.717, 1.165) is 43.3 Å². The van der Waals surface area contributed by atoms with Crippen molar-refractivity contribution in [1.29, 1.82) is 0 Å². The molecule has 0 atom stereocenters. The van der Waals surface area contributed by atoms with E-state index >= 15 is 0 Å². The van der Waals surface area contributed by atoms with Gasteiger partial charge in [0, 0.05) is 38.6 Å². The number of carbonyl (C=O) groups is 2. The number of rotatable bonds is 7. The molecule has 2 amide bonds. The van der Waals surface area contributed by atoms with Crippen molar-refractivity contribution >= 4 is 17.8 Å². The number of carbonyl (C=O) groups excluding carboxylic acids is 2. The van der Waals surface area contributed by atoms with Crippen molar-refractivity contribution in [2.45, 2.75) is 46.6 Å². The van der Waals surface area contributed by atoms with Crippen LogP contribution in [0.25, 0.3) is 0 Å². The molecule has 166 valence electrons. The van der Waals surface area contributed by atoms with E-state index in [9.17, 15) is 9.59 Å². The molecule has 0 aliphatic carbocycles. The summed E-state index contributed by atoms with van der Waals surface area (Å²) in [5.74, 6) is 0.648. The summed E-state index contributed by atoms with van der Waals surface area (Å²) in [5, 5.41) is 2.53.